The maximum atomic E-state index is 4.32. The molecule has 0 saturated carbocycles. The van der Waals surface area contributed by atoms with Crippen molar-refractivity contribution in [3.63, 3.8) is 0 Å². The maximum Gasteiger partial charge on any atom is 0.0349 e. The minimum atomic E-state index is 0.453. The number of pyridine rings is 1. The van der Waals surface area contributed by atoms with Gasteiger partial charge in [-0.3, -0.25) is 4.98 Å². The van der Waals surface area contributed by atoms with E-state index in [0.717, 1.165) is 6.54 Å². The number of unbranched alkanes of at least 4 members (excludes halogenated alkanes) is 3. The highest BCUT2D eigenvalue weighted by molar-refractivity contribution is 5.85. The van der Waals surface area contributed by atoms with Gasteiger partial charge in [0.25, 0.3) is 0 Å². The molecule has 2 nitrogen and oxygen atoms in total. The van der Waals surface area contributed by atoms with Crippen molar-refractivity contribution in [2.75, 3.05) is 6.54 Å². The fourth-order valence-corrected chi connectivity index (χ4v) is 2.90. The Balaban J connectivity index is 2.17. The monoisotopic (exact) mass is 284 g/mol. The molecule has 1 heterocycles. The molecule has 1 aromatic heterocycles. The minimum absolute atomic E-state index is 0.453. The Bertz CT molecular complexity index is 531. The quantitative estimate of drug-likeness (QED) is 0.636. The second-order valence-electron chi connectivity index (χ2n) is 5.80. The van der Waals surface area contributed by atoms with E-state index >= 15 is 0 Å². The van der Waals surface area contributed by atoms with Crippen molar-refractivity contribution in [3.8, 4) is 0 Å². The predicted molar refractivity (Wildman–Crippen MR) is 91.5 cm³/mol. The first-order valence-electron chi connectivity index (χ1n) is 8.42. The summed E-state index contributed by atoms with van der Waals surface area (Å²) in [5.74, 6) is 0. The van der Waals surface area contributed by atoms with Crippen LogP contribution in [0, 0.1) is 0 Å². The Morgan fingerprint density at radius 1 is 1.05 bits per heavy atom. The van der Waals surface area contributed by atoms with E-state index in [1.165, 1.54) is 54.9 Å². The second-order valence-corrected chi connectivity index (χ2v) is 5.80. The third-order valence-corrected chi connectivity index (χ3v) is 4.08. The van der Waals surface area contributed by atoms with Crippen molar-refractivity contribution in [2.45, 2.75) is 58.4 Å². The van der Waals surface area contributed by atoms with E-state index < -0.39 is 0 Å². The van der Waals surface area contributed by atoms with Gasteiger partial charge < -0.3 is 5.32 Å². The zero-order valence-corrected chi connectivity index (χ0v) is 13.4. The molecule has 1 atom stereocenters. The average Bonchev–Trinajstić information content (AvgIpc) is 2.54. The molecule has 0 aliphatic carbocycles. The molecule has 0 bridgehead atoms. The fourth-order valence-electron chi connectivity index (χ4n) is 2.90. The van der Waals surface area contributed by atoms with Crippen molar-refractivity contribution < 1.29 is 0 Å². The van der Waals surface area contributed by atoms with E-state index in [0.29, 0.717) is 6.04 Å². The van der Waals surface area contributed by atoms with Crippen LogP contribution in [-0.2, 0) is 0 Å². The third-order valence-electron chi connectivity index (χ3n) is 4.08. The number of rotatable bonds is 9. The van der Waals surface area contributed by atoms with Gasteiger partial charge in [0.15, 0.2) is 0 Å². The van der Waals surface area contributed by atoms with Gasteiger partial charge in [0.2, 0.25) is 0 Å². The third kappa shape index (κ3) is 4.53. The number of nitrogens with zero attached hydrogens (tertiary/aromatic N) is 1. The Morgan fingerprint density at radius 2 is 1.95 bits per heavy atom. The number of fused-ring (bicyclic) bond motifs is 1. The van der Waals surface area contributed by atoms with Crippen molar-refractivity contribution in [1.29, 1.82) is 0 Å². The van der Waals surface area contributed by atoms with Crippen LogP contribution in [-0.4, -0.2) is 11.5 Å². The standard InChI is InChI=1S/C19H28N2/c1-3-5-6-7-11-19(21-13-4-2)17-10-8-9-16-12-14-20-15-18(16)17/h8-10,12,14-15,19,21H,3-7,11,13H2,1-2H3. The molecule has 2 heteroatoms. The van der Waals surface area contributed by atoms with Gasteiger partial charge in [-0.05, 0) is 36.4 Å². The van der Waals surface area contributed by atoms with E-state index in [2.05, 4.69) is 48.4 Å². The molecule has 1 unspecified atom stereocenters. The summed E-state index contributed by atoms with van der Waals surface area (Å²) in [6.45, 7) is 5.57. The zero-order chi connectivity index (χ0) is 14.9. The van der Waals surface area contributed by atoms with Gasteiger partial charge in [-0.1, -0.05) is 57.7 Å². The summed E-state index contributed by atoms with van der Waals surface area (Å²) >= 11 is 0. The molecule has 0 amide bonds. The Labute approximate surface area is 129 Å². The van der Waals surface area contributed by atoms with E-state index in [-0.39, 0.29) is 0 Å². The Kier molecular flexibility index (Phi) is 6.68. The predicted octanol–water partition coefficient (Wildman–Crippen LogP) is 5.25. The van der Waals surface area contributed by atoms with Crippen LogP contribution in [0.3, 0.4) is 0 Å². The molecule has 2 aromatic rings. The molecule has 0 saturated heterocycles. The maximum absolute atomic E-state index is 4.32. The zero-order valence-electron chi connectivity index (χ0n) is 13.4. The normalized spacial score (nSPS) is 12.7. The minimum Gasteiger partial charge on any atom is -0.310 e. The second kappa shape index (κ2) is 8.78. The molecule has 0 fully saturated rings. The van der Waals surface area contributed by atoms with Crippen LogP contribution in [0.2, 0.25) is 0 Å². The summed E-state index contributed by atoms with van der Waals surface area (Å²) in [5, 5.41) is 6.31. The van der Waals surface area contributed by atoms with E-state index in [9.17, 15) is 0 Å². The van der Waals surface area contributed by atoms with Crippen LogP contribution >= 0.6 is 0 Å². The van der Waals surface area contributed by atoms with Crippen molar-refractivity contribution in [1.82, 2.24) is 10.3 Å². The van der Waals surface area contributed by atoms with Gasteiger partial charge in [0.05, 0.1) is 0 Å². The number of hydrogen-bond acceptors (Lipinski definition) is 2. The lowest BCUT2D eigenvalue weighted by molar-refractivity contribution is 0.473. The molecule has 0 spiro atoms. The highest BCUT2D eigenvalue weighted by atomic mass is 14.9. The van der Waals surface area contributed by atoms with Crippen LogP contribution in [0.25, 0.3) is 10.8 Å². The molecular formula is C19H28N2. The summed E-state index contributed by atoms with van der Waals surface area (Å²) in [7, 11) is 0. The fraction of sp³-hybridized carbons (Fsp3) is 0.526. The summed E-state index contributed by atoms with van der Waals surface area (Å²) in [5.41, 5.74) is 1.41. The largest absolute Gasteiger partial charge is 0.310 e. The Hall–Kier alpha value is -1.41. The lowest BCUT2D eigenvalue weighted by Crippen LogP contribution is -2.22. The summed E-state index contributed by atoms with van der Waals surface area (Å²) < 4.78 is 0. The number of benzene rings is 1. The first-order valence-corrected chi connectivity index (χ1v) is 8.42. The van der Waals surface area contributed by atoms with Crippen molar-refractivity contribution in [2.24, 2.45) is 0 Å². The molecule has 0 aliphatic rings. The number of aromatic nitrogens is 1. The van der Waals surface area contributed by atoms with Crippen molar-refractivity contribution >= 4 is 10.8 Å². The van der Waals surface area contributed by atoms with Gasteiger partial charge in [-0.25, -0.2) is 0 Å². The molecule has 0 radical (unpaired) electrons. The Morgan fingerprint density at radius 3 is 2.76 bits per heavy atom. The van der Waals surface area contributed by atoms with Crippen LogP contribution in [0.5, 0.6) is 0 Å². The first kappa shape index (κ1) is 16.0. The highest BCUT2D eigenvalue weighted by Crippen LogP contribution is 2.27. The lowest BCUT2D eigenvalue weighted by atomic mass is 9.95. The van der Waals surface area contributed by atoms with Gasteiger partial charge in [-0.15, -0.1) is 0 Å². The topological polar surface area (TPSA) is 24.9 Å². The molecule has 1 aromatic carbocycles. The number of hydrogen-bond donors (Lipinski definition) is 1. The average molecular weight is 284 g/mol. The summed E-state index contributed by atoms with van der Waals surface area (Å²) in [6, 6.07) is 9.16. The summed E-state index contributed by atoms with van der Waals surface area (Å²) in [6.07, 6.45) is 11.6. The molecule has 2 rings (SSSR count). The van der Waals surface area contributed by atoms with Gasteiger partial charge in [0, 0.05) is 23.8 Å². The van der Waals surface area contributed by atoms with Crippen molar-refractivity contribution in [3.05, 3.63) is 42.2 Å². The van der Waals surface area contributed by atoms with Gasteiger partial charge in [-0.2, -0.15) is 0 Å². The molecule has 1 N–H and O–H groups in total. The summed E-state index contributed by atoms with van der Waals surface area (Å²) in [4.78, 5) is 4.32. The first-order chi connectivity index (χ1) is 10.4. The van der Waals surface area contributed by atoms with Gasteiger partial charge in [0.1, 0.15) is 0 Å². The SMILES string of the molecule is CCCCCCC(NCCC)c1cccc2ccncc12. The molecule has 114 valence electrons. The lowest BCUT2D eigenvalue weighted by Gasteiger charge is -2.20. The van der Waals surface area contributed by atoms with Crippen LogP contribution < -0.4 is 5.32 Å². The smallest absolute Gasteiger partial charge is 0.0349 e. The highest BCUT2D eigenvalue weighted by Gasteiger charge is 2.13. The molecular weight excluding hydrogens is 256 g/mol. The van der Waals surface area contributed by atoms with Crippen LogP contribution in [0.4, 0.5) is 0 Å². The number of nitrogens with one attached hydrogen (secondary N) is 1. The van der Waals surface area contributed by atoms with Gasteiger partial charge >= 0.3 is 0 Å². The van der Waals surface area contributed by atoms with Crippen LogP contribution in [0.15, 0.2) is 36.7 Å². The molecule has 0 aliphatic heterocycles. The van der Waals surface area contributed by atoms with Crippen LogP contribution in [0.1, 0.15) is 64.0 Å². The molecule has 21 heavy (non-hydrogen) atoms. The van der Waals surface area contributed by atoms with E-state index in [1.807, 2.05) is 12.4 Å². The van der Waals surface area contributed by atoms with E-state index in [1.54, 1.807) is 0 Å². The van der Waals surface area contributed by atoms with E-state index in [4.69, 9.17) is 0 Å².